The number of aromatic nitrogens is 2. The van der Waals surface area contributed by atoms with Crippen molar-refractivity contribution in [2.45, 2.75) is 52.0 Å². The maximum atomic E-state index is 6.13. The van der Waals surface area contributed by atoms with Crippen molar-refractivity contribution in [3.63, 3.8) is 0 Å². The summed E-state index contributed by atoms with van der Waals surface area (Å²) in [7, 11) is 0. The van der Waals surface area contributed by atoms with Crippen LogP contribution in [-0.2, 0) is 6.54 Å². The quantitative estimate of drug-likeness (QED) is 0.751. The van der Waals surface area contributed by atoms with Gasteiger partial charge in [-0.3, -0.25) is 0 Å². The Morgan fingerprint density at radius 2 is 1.89 bits per heavy atom. The van der Waals surface area contributed by atoms with Crippen molar-refractivity contribution in [1.82, 2.24) is 9.55 Å². The SMILES string of the molecule is CCCCCCCCn1c(N)nc2c(Cl)cccc21. The summed E-state index contributed by atoms with van der Waals surface area (Å²) >= 11 is 6.13. The van der Waals surface area contributed by atoms with E-state index in [0.29, 0.717) is 11.0 Å². The third-order valence-corrected chi connectivity index (χ3v) is 3.80. The molecule has 0 atom stereocenters. The number of hydrogen-bond donors (Lipinski definition) is 1. The number of halogens is 1. The van der Waals surface area contributed by atoms with Gasteiger partial charge in [0.05, 0.1) is 10.5 Å². The average molecular weight is 280 g/mol. The minimum Gasteiger partial charge on any atom is -0.369 e. The Hall–Kier alpha value is -1.22. The summed E-state index contributed by atoms with van der Waals surface area (Å²) in [6, 6.07) is 5.83. The second-order valence-corrected chi connectivity index (χ2v) is 5.40. The van der Waals surface area contributed by atoms with Crippen LogP contribution in [0.2, 0.25) is 5.02 Å². The standard InChI is InChI=1S/C15H22ClN3/c1-2-3-4-5-6-7-11-19-13-10-8-9-12(16)14(13)18-15(19)17/h8-10H,2-7,11H2,1H3,(H2,17,18). The molecule has 0 aliphatic heterocycles. The van der Waals surface area contributed by atoms with Crippen molar-refractivity contribution in [3.05, 3.63) is 23.2 Å². The molecule has 19 heavy (non-hydrogen) atoms. The van der Waals surface area contributed by atoms with Crippen LogP contribution in [0, 0.1) is 0 Å². The van der Waals surface area contributed by atoms with Gasteiger partial charge in [0.2, 0.25) is 5.95 Å². The summed E-state index contributed by atoms with van der Waals surface area (Å²) in [4.78, 5) is 4.35. The smallest absolute Gasteiger partial charge is 0.201 e. The topological polar surface area (TPSA) is 43.8 Å². The highest BCUT2D eigenvalue weighted by Crippen LogP contribution is 2.25. The second-order valence-electron chi connectivity index (χ2n) is 5.00. The van der Waals surface area contributed by atoms with Crippen LogP contribution in [0.5, 0.6) is 0 Å². The highest BCUT2D eigenvalue weighted by molar-refractivity contribution is 6.35. The monoisotopic (exact) mass is 279 g/mol. The van der Waals surface area contributed by atoms with E-state index in [4.69, 9.17) is 17.3 Å². The summed E-state index contributed by atoms with van der Waals surface area (Å²) in [6.45, 7) is 3.16. The van der Waals surface area contributed by atoms with Crippen molar-refractivity contribution in [2.24, 2.45) is 0 Å². The molecule has 0 saturated carbocycles. The van der Waals surface area contributed by atoms with Gasteiger partial charge in [-0.1, -0.05) is 56.7 Å². The molecule has 104 valence electrons. The highest BCUT2D eigenvalue weighted by Gasteiger charge is 2.09. The van der Waals surface area contributed by atoms with Crippen molar-refractivity contribution < 1.29 is 0 Å². The number of rotatable bonds is 7. The minimum absolute atomic E-state index is 0.566. The first kappa shape index (κ1) is 14.2. The van der Waals surface area contributed by atoms with Gasteiger partial charge in [-0.2, -0.15) is 0 Å². The Bertz CT molecular complexity index is 533. The zero-order chi connectivity index (χ0) is 13.7. The summed E-state index contributed by atoms with van der Waals surface area (Å²) in [5.74, 6) is 0.566. The van der Waals surface area contributed by atoms with Crippen LogP contribution in [0.1, 0.15) is 45.4 Å². The summed E-state index contributed by atoms with van der Waals surface area (Å²) in [5.41, 5.74) is 7.83. The minimum atomic E-state index is 0.566. The fraction of sp³-hybridized carbons (Fsp3) is 0.533. The molecule has 1 aromatic heterocycles. The molecule has 0 spiro atoms. The molecule has 2 N–H and O–H groups in total. The molecule has 0 aliphatic rings. The molecule has 0 unspecified atom stereocenters. The number of unbranched alkanes of at least 4 members (excludes halogenated alkanes) is 5. The van der Waals surface area contributed by atoms with Crippen LogP contribution in [0.3, 0.4) is 0 Å². The number of para-hydroxylation sites is 1. The second kappa shape index (κ2) is 6.80. The number of nitrogens with zero attached hydrogens (tertiary/aromatic N) is 2. The lowest BCUT2D eigenvalue weighted by Crippen LogP contribution is -2.03. The molecule has 1 heterocycles. The molecule has 0 radical (unpaired) electrons. The lowest BCUT2D eigenvalue weighted by Gasteiger charge is -2.06. The zero-order valence-electron chi connectivity index (χ0n) is 11.5. The average Bonchev–Trinajstić information content (AvgIpc) is 2.72. The number of imidazole rings is 1. The number of fused-ring (bicyclic) bond motifs is 1. The van der Waals surface area contributed by atoms with Gasteiger partial charge >= 0.3 is 0 Å². The van der Waals surface area contributed by atoms with Gasteiger partial charge in [-0.15, -0.1) is 0 Å². The molecular formula is C15H22ClN3. The molecule has 1 aromatic carbocycles. The van der Waals surface area contributed by atoms with E-state index in [1.807, 2.05) is 18.2 Å². The van der Waals surface area contributed by atoms with E-state index in [-0.39, 0.29) is 0 Å². The van der Waals surface area contributed by atoms with Gasteiger partial charge in [0, 0.05) is 6.54 Å². The fourth-order valence-electron chi connectivity index (χ4n) is 2.42. The van der Waals surface area contributed by atoms with E-state index in [1.165, 1.54) is 32.1 Å². The molecular weight excluding hydrogens is 258 g/mol. The first-order valence-electron chi connectivity index (χ1n) is 7.14. The normalized spacial score (nSPS) is 11.3. The van der Waals surface area contributed by atoms with Crippen LogP contribution in [0.15, 0.2) is 18.2 Å². The largest absolute Gasteiger partial charge is 0.369 e. The Kier molecular flexibility index (Phi) is 5.08. The maximum absolute atomic E-state index is 6.13. The zero-order valence-corrected chi connectivity index (χ0v) is 12.3. The predicted molar refractivity (Wildman–Crippen MR) is 82.5 cm³/mol. The first-order valence-corrected chi connectivity index (χ1v) is 7.52. The highest BCUT2D eigenvalue weighted by atomic mass is 35.5. The molecule has 0 fully saturated rings. The number of hydrogen-bond acceptors (Lipinski definition) is 2. The van der Waals surface area contributed by atoms with Gasteiger partial charge in [0.25, 0.3) is 0 Å². The van der Waals surface area contributed by atoms with Crippen LogP contribution < -0.4 is 5.73 Å². The van der Waals surface area contributed by atoms with Crippen LogP contribution >= 0.6 is 11.6 Å². The number of benzene rings is 1. The summed E-state index contributed by atoms with van der Waals surface area (Å²) in [6.07, 6.45) is 7.67. The summed E-state index contributed by atoms with van der Waals surface area (Å²) < 4.78 is 2.07. The Morgan fingerprint density at radius 3 is 2.68 bits per heavy atom. The number of nitrogens with two attached hydrogens (primary N) is 1. The fourth-order valence-corrected chi connectivity index (χ4v) is 2.63. The first-order chi connectivity index (χ1) is 9.24. The van der Waals surface area contributed by atoms with Crippen LogP contribution in [-0.4, -0.2) is 9.55 Å². The van der Waals surface area contributed by atoms with Gasteiger partial charge in [0.15, 0.2) is 0 Å². The number of anilines is 1. The van der Waals surface area contributed by atoms with Crippen LogP contribution in [0.25, 0.3) is 11.0 Å². The molecule has 0 amide bonds. The molecule has 2 aromatic rings. The molecule has 3 nitrogen and oxygen atoms in total. The molecule has 0 bridgehead atoms. The van der Waals surface area contributed by atoms with Gasteiger partial charge in [-0.25, -0.2) is 4.98 Å². The lowest BCUT2D eigenvalue weighted by molar-refractivity contribution is 0.567. The van der Waals surface area contributed by atoms with Crippen LogP contribution in [0.4, 0.5) is 5.95 Å². The Morgan fingerprint density at radius 1 is 1.16 bits per heavy atom. The molecule has 0 aliphatic carbocycles. The number of nitrogen functional groups attached to an aromatic ring is 1. The van der Waals surface area contributed by atoms with Crippen molar-refractivity contribution >= 4 is 28.6 Å². The van der Waals surface area contributed by atoms with Gasteiger partial charge in [0.1, 0.15) is 5.52 Å². The molecule has 4 heteroatoms. The van der Waals surface area contributed by atoms with E-state index >= 15 is 0 Å². The van der Waals surface area contributed by atoms with E-state index in [0.717, 1.165) is 24.0 Å². The van der Waals surface area contributed by atoms with Crippen molar-refractivity contribution in [1.29, 1.82) is 0 Å². The van der Waals surface area contributed by atoms with Gasteiger partial charge in [-0.05, 0) is 18.6 Å². The van der Waals surface area contributed by atoms with E-state index in [9.17, 15) is 0 Å². The summed E-state index contributed by atoms with van der Waals surface area (Å²) in [5, 5.41) is 0.672. The maximum Gasteiger partial charge on any atom is 0.201 e. The van der Waals surface area contributed by atoms with Crippen molar-refractivity contribution in [3.8, 4) is 0 Å². The Balaban J connectivity index is 1.97. The van der Waals surface area contributed by atoms with Crippen molar-refractivity contribution in [2.75, 3.05) is 5.73 Å². The number of aryl methyl sites for hydroxylation is 1. The molecule has 2 rings (SSSR count). The van der Waals surface area contributed by atoms with E-state index in [2.05, 4.69) is 16.5 Å². The lowest BCUT2D eigenvalue weighted by atomic mass is 10.1. The van der Waals surface area contributed by atoms with E-state index < -0.39 is 0 Å². The predicted octanol–water partition coefficient (Wildman–Crippen LogP) is 4.63. The third-order valence-electron chi connectivity index (χ3n) is 3.49. The Labute approximate surface area is 119 Å². The van der Waals surface area contributed by atoms with Gasteiger partial charge < -0.3 is 10.3 Å². The van der Waals surface area contributed by atoms with E-state index in [1.54, 1.807) is 0 Å². The molecule has 0 saturated heterocycles. The third kappa shape index (κ3) is 3.41.